The number of ketones is 1. The van der Waals surface area contributed by atoms with Crippen LogP contribution in [0, 0.1) is 5.82 Å². The highest BCUT2D eigenvalue weighted by Crippen LogP contribution is 2.25. The summed E-state index contributed by atoms with van der Waals surface area (Å²) in [5.74, 6) is 0.547. The second-order valence-electron chi connectivity index (χ2n) is 8.05. The minimum Gasteiger partial charge on any atom is -0.303 e. The number of Topliss-reactive ketones (excluding diaryl/α,β-unsaturated/α-hetero) is 1. The van der Waals surface area contributed by atoms with Gasteiger partial charge in [0, 0.05) is 23.9 Å². The van der Waals surface area contributed by atoms with E-state index in [1.54, 1.807) is 4.52 Å². The summed E-state index contributed by atoms with van der Waals surface area (Å²) in [6.45, 7) is 3.24. The lowest BCUT2D eigenvalue weighted by Gasteiger charge is -2.25. The van der Waals surface area contributed by atoms with Crippen LogP contribution in [0.25, 0.3) is 16.6 Å². The lowest BCUT2D eigenvalue weighted by Crippen LogP contribution is -2.31. The third kappa shape index (κ3) is 5.34. The molecule has 0 atom stereocenters. The van der Waals surface area contributed by atoms with E-state index < -0.39 is 0 Å². The van der Waals surface area contributed by atoms with E-state index in [4.69, 9.17) is 15.1 Å². The van der Waals surface area contributed by atoms with Crippen LogP contribution in [0.5, 0.6) is 0 Å². The SMILES string of the molecule is Cl.O=C(CSc1nc2ccccc2c2nc(CCN3CCCCC3)nn12)c1ccc(F)cc1. The van der Waals surface area contributed by atoms with E-state index in [9.17, 15) is 9.18 Å². The normalized spacial score (nSPS) is 14.5. The first-order chi connectivity index (χ1) is 15.7. The molecular weight excluding hydrogens is 461 g/mol. The maximum Gasteiger partial charge on any atom is 0.192 e. The van der Waals surface area contributed by atoms with Gasteiger partial charge in [0.1, 0.15) is 5.82 Å². The van der Waals surface area contributed by atoms with Gasteiger partial charge in [0.25, 0.3) is 0 Å². The molecule has 172 valence electrons. The first-order valence-corrected chi connectivity index (χ1v) is 11.9. The molecule has 1 aliphatic heterocycles. The molecule has 0 spiro atoms. The highest BCUT2D eigenvalue weighted by molar-refractivity contribution is 7.99. The van der Waals surface area contributed by atoms with Crippen LogP contribution in [0.4, 0.5) is 4.39 Å². The first kappa shape index (κ1) is 23.6. The molecule has 33 heavy (non-hydrogen) atoms. The summed E-state index contributed by atoms with van der Waals surface area (Å²) in [4.78, 5) is 24.6. The highest BCUT2D eigenvalue weighted by Gasteiger charge is 2.17. The molecule has 4 aromatic rings. The van der Waals surface area contributed by atoms with Crippen molar-refractivity contribution in [1.29, 1.82) is 0 Å². The second-order valence-corrected chi connectivity index (χ2v) is 8.99. The van der Waals surface area contributed by atoms with Crippen LogP contribution in [0.2, 0.25) is 0 Å². The summed E-state index contributed by atoms with van der Waals surface area (Å²) in [7, 11) is 0. The minimum absolute atomic E-state index is 0. The number of likely N-dealkylation sites (tertiary alicyclic amines) is 1. The number of nitrogens with zero attached hydrogens (tertiary/aromatic N) is 5. The average Bonchev–Trinajstić information content (AvgIpc) is 3.27. The Balaban J connectivity index is 0.00000259. The van der Waals surface area contributed by atoms with Gasteiger partial charge in [-0.2, -0.15) is 4.52 Å². The van der Waals surface area contributed by atoms with E-state index in [2.05, 4.69) is 4.90 Å². The Labute approximate surface area is 202 Å². The predicted molar refractivity (Wildman–Crippen MR) is 131 cm³/mol. The molecule has 0 amide bonds. The fraction of sp³-hybridized carbons (Fsp3) is 0.333. The third-order valence-electron chi connectivity index (χ3n) is 5.79. The van der Waals surface area contributed by atoms with Gasteiger partial charge in [-0.25, -0.2) is 14.4 Å². The number of carbonyl (C=O) groups excluding carboxylic acids is 1. The van der Waals surface area contributed by atoms with Crippen molar-refractivity contribution in [3.63, 3.8) is 0 Å². The van der Waals surface area contributed by atoms with Gasteiger partial charge in [0.2, 0.25) is 0 Å². The van der Waals surface area contributed by atoms with Crippen molar-refractivity contribution < 1.29 is 9.18 Å². The van der Waals surface area contributed by atoms with Gasteiger partial charge in [0.15, 0.2) is 22.4 Å². The molecule has 0 aliphatic carbocycles. The largest absolute Gasteiger partial charge is 0.303 e. The van der Waals surface area contributed by atoms with E-state index in [1.165, 1.54) is 55.3 Å². The average molecular weight is 486 g/mol. The Morgan fingerprint density at radius 3 is 2.55 bits per heavy atom. The summed E-state index contributed by atoms with van der Waals surface area (Å²) in [6.07, 6.45) is 4.62. The molecule has 0 bridgehead atoms. The molecule has 3 heterocycles. The number of piperidine rings is 1. The summed E-state index contributed by atoms with van der Waals surface area (Å²) in [5.41, 5.74) is 2.07. The standard InChI is InChI=1S/C24H24FN5OS.ClH/c25-18-10-8-17(9-11-18)21(31)16-32-24-26-20-7-3-2-6-19(20)23-27-22(28-30(23)24)12-15-29-13-4-1-5-14-29;/h2-3,6-11H,1,4-5,12-16H2;1H. The fourth-order valence-corrected chi connectivity index (χ4v) is 4.90. The van der Waals surface area contributed by atoms with Crippen molar-refractivity contribution in [3.8, 4) is 0 Å². The van der Waals surface area contributed by atoms with Crippen LogP contribution in [0.1, 0.15) is 35.4 Å². The Bertz CT molecular complexity index is 1260. The van der Waals surface area contributed by atoms with Gasteiger partial charge in [-0.3, -0.25) is 4.79 Å². The minimum atomic E-state index is -0.355. The van der Waals surface area contributed by atoms with Crippen LogP contribution in [0.3, 0.4) is 0 Å². The molecule has 2 aromatic heterocycles. The molecule has 1 fully saturated rings. The second kappa shape index (κ2) is 10.6. The van der Waals surface area contributed by atoms with Gasteiger partial charge >= 0.3 is 0 Å². The maximum absolute atomic E-state index is 13.2. The number of hydrogen-bond donors (Lipinski definition) is 0. The molecular formula is C24H25ClFN5OS. The zero-order chi connectivity index (χ0) is 21.9. The molecule has 0 radical (unpaired) electrons. The maximum atomic E-state index is 13.2. The summed E-state index contributed by atoms with van der Waals surface area (Å²) >= 11 is 1.33. The van der Waals surface area contributed by atoms with Crippen molar-refractivity contribution in [2.45, 2.75) is 30.8 Å². The molecule has 9 heteroatoms. The molecule has 1 saturated heterocycles. The number of halogens is 2. The number of thioether (sulfide) groups is 1. The first-order valence-electron chi connectivity index (χ1n) is 11.0. The summed E-state index contributed by atoms with van der Waals surface area (Å²) < 4.78 is 14.9. The van der Waals surface area contributed by atoms with Crippen LogP contribution in [0.15, 0.2) is 53.7 Å². The van der Waals surface area contributed by atoms with Crippen molar-refractivity contribution in [1.82, 2.24) is 24.5 Å². The van der Waals surface area contributed by atoms with Crippen molar-refractivity contribution in [3.05, 3.63) is 65.7 Å². The van der Waals surface area contributed by atoms with Crippen LogP contribution in [-0.2, 0) is 6.42 Å². The van der Waals surface area contributed by atoms with Gasteiger partial charge in [-0.05, 0) is 62.3 Å². The van der Waals surface area contributed by atoms with Crippen LogP contribution in [-0.4, -0.2) is 55.7 Å². The number of carbonyl (C=O) groups is 1. The summed E-state index contributed by atoms with van der Waals surface area (Å²) in [5, 5.41) is 6.32. The number of benzene rings is 2. The third-order valence-corrected chi connectivity index (χ3v) is 6.72. The van der Waals surface area contributed by atoms with Crippen molar-refractivity contribution >= 4 is 46.5 Å². The Morgan fingerprint density at radius 2 is 1.76 bits per heavy atom. The van der Waals surface area contributed by atoms with Crippen LogP contribution >= 0.6 is 24.2 Å². The number of hydrogen-bond acceptors (Lipinski definition) is 6. The van der Waals surface area contributed by atoms with Crippen LogP contribution < -0.4 is 0 Å². The monoisotopic (exact) mass is 485 g/mol. The highest BCUT2D eigenvalue weighted by atomic mass is 35.5. The lowest BCUT2D eigenvalue weighted by atomic mass is 10.1. The summed E-state index contributed by atoms with van der Waals surface area (Å²) in [6, 6.07) is 13.5. The Kier molecular flexibility index (Phi) is 7.57. The Morgan fingerprint density at radius 1 is 1.00 bits per heavy atom. The molecule has 6 nitrogen and oxygen atoms in total. The Hall–Kier alpha value is -2.55. The van der Waals surface area contributed by atoms with Gasteiger partial charge < -0.3 is 4.90 Å². The number of aromatic nitrogens is 4. The van der Waals surface area contributed by atoms with E-state index in [1.807, 2.05) is 24.3 Å². The fourth-order valence-electron chi connectivity index (χ4n) is 4.06. The van der Waals surface area contributed by atoms with E-state index in [0.29, 0.717) is 10.7 Å². The number of fused-ring (bicyclic) bond motifs is 3. The van der Waals surface area contributed by atoms with Gasteiger partial charge in [-0.1, -0.05) is 30.3 Å². The molecule has 0 saturated carbocycles. The van der Waals surface area contributed by atoms with Gasteiger partial charge in [-0.15, -0.1) is 17.5 Å². The smallest absolute Gasteiger partial charge is 0.192 e. The predicted octanol–water partition coefficient (Wildman–Crippen LogP) is 4.84. The number of rotatable bonds is 7. The quantitative estimate of drug-likeness (QED) is 0.212. The molecule has 0 unspecified atom stereocenters. The molecule has 1 aliphatic rings. The molecule has 5 rings (SSSR count). The van der Waals surface area contributed by atoms with Crippen molar-refractivity contribution in [2.75, 3.05) is 25.4 Å². The van der Waals surface area contributed by atoms with Gasteiger partial charge in [0.05, 0.1) is 11.3 Å². The number of para-hydroxylation sites is 1. The zero-order valence-electron chi connectivity index (χ0n) is 18.1. The molecule has 0 N–H and O–H groups in total. The van der Waals surface area contributed by atoms with E-state index in [0.717, 1.165) is 48.4 Å². The van der Waals surface area contributed by atoms with E-state index >= 15 is 0 Å². The van der Waals surface area contributed by atoms with Crippen molar-refractivity contribution in [2.24, 2.45) is 0 Å². The zero-order valence-corrected chi connectivity index (χ0v) is 19.7. The van der Waals surface area contributed by atoms with E-state index in [-0.39, 0.29) is 29.8 Å². The lowest BCUT2D eigenvalue weighted by molar-refractivity contribution is 0.102. The molecule has 2 aromatic carbocycles. The topological polar surface area (TPSA) is 63.4 Å².